The minimum absolute atomic E-state index is 0.538. The predicted molar refractivity (Wildman–Crippen MR) is 85.9 cm³/mol. The summed E-state index contributed by atoms with van der Waals surface area (Å²) in [7, 11) is 1.62. The molecule has 0 bridgehead atoms. The molecule has 0 aliphatic rings. The van der Waals surface area contributed by atoms with E-state index in [1.807, 2.05) is 18.2 Å². The lowest BCUT2D eigenvalue weighted by Gasteiger charge is -2.12. The number of unbranched alkanes of at least 4 members (excludes halogenated alkanes) is 5. The van der Waals surface area contributed by atoms with E-state index in [4.69, 9.17) is 14.7 Å². The molecule has 0 aliphatic heterocycles. The van der Waals surface area contributed by atoms with Gasteiger partial charge in [0.25, 0.3) is 0 Å². The van der Waals surface area contributed by atoms with E-state index in [9.17, 15) is 0 Å². The highest BCUT2D eigenvalue weighted by Gasteiger charge is 2.09. The zero-order valence-corrected chi connectivity index (χ0v) is 13.4. The Balaban J connectivity index is 2.52. The van der Waals surface area contributed by atoms with Crippen LogP contribution in [0.3, 0.4) is 0 Å². The zero-order chi connectivity index (χ0) is 15.5. The number of hydrogen-bond donors (Lipinski definition) is 1. The molecule has 0 heterocycles. The minimum Gasteiger partial charge on any atom is -0.497 e. The van der Waals surface area contributed by atoms with Gasteiger partial charge in [-0.2, -0.15) is 0 Å². The normalized spacial score (nSPS) is 11.5. The molecule has 118 valence electrons. The van der Waals surface area contributed by atoms with E-state index >= 15 is 0 Å². The summed E-state index contributed by atoms with van der Waals surface area (Å²) in [5.74, 6) is 1.45. The number of ether oxygens (including phenoxy) is 2. The van der Waals surface area contributed by atoms with E-state index in [2.05, 4.69) is 12.1 Å². The molecule has 0 saturated heterocycles. The third kappa shape index (κ3) is 6.06. The first kappa shape index (κ1) is 17.3. The second-order valence-electron chi connectivity index (χ2n) is 5.16. The van der Waals surface area contributed by atoms with Crippen LogP contribution in [0.5, 0.6) is 11.5 Å². The summed E-state index contributed by atoms with van der Waals surface area (Å²) in [6, 6.07) is 5.52. The SMILES string of the molecule is CCCCCCCCOc1cc(OC)ccc1/C(C)=N/O. The van der Waals surface area contributed by atoms with Crippen LogP contribution in [0, 0.1) is 0 Å². The fourth-order valence-electron chi connectivity index (χ4n) is 2.17. The second-order valence-corrected chi connectivity index (χ2v) is 5.16. The van der Waals surface area contributed by atoms with E-state index < -0.39 is 0 Å². The molecule has 0 fully saturated rings. The molecule has 0 radical (unpaired) electrons. The highest BCUT2D eigenvalue weighted by Crippen LogP contribution is 2.26. The first-order valence-corrected chi connectivity index (χ1v) is 7.72. The Hall–Kier alpha value is -1.71. The van der Waals surface area contributed by atoms with Gasteiger partial charge in [-0.25, -0.2) is 0 Å². The van der Waals surface area contributed by atoms with E-state index in [0.29, 0.717) is 18.1 Å². The maximum absolute atomic E-state index is 8.93. The smallest absolute Gasteiger partial charge is 0.132 e. The molecule has 4 nitrogen and oxygen atoms in total. The summed E-state index contributed by atoms with van der Waals surface area (Å²) in [6.07, 6.45) is 7.37. The summed E-state index contributed by atoms with van der Waals surface area (Å²) < 4.78 is 11.0. The van der Waals surface area contributed by atoms with Gasteiger partial charge in [0, 0.05) is 11.6 Å². The Bertz CT molecular complexity index is 444. The van der Waals surface area contributed by atoms with Crippen molar-refractivity contribution in [3.05, 3.63) is 23.8 Å². The molecule has 0 aliphatic carbocycles. The molecule has 0 atom stereocenters. The quantitative estimate of drug-likeness (QED) is 0.296. The van der Waals surface area contributed by atoms with Crippen molar-refractivity contribution in [2.24, 2.45) is 5.16 Å². The van der Waals surface area contributed by atoms with Gasteiger partial charge in [0.05, 0.1) is 19.4 Å². The molecule has 1 aromatic carbocycles. The molecule has 0 amide bonds. The average molecular weight is 293 g/mol. The van der Waals surface area contributed by atoms with Crippen LogP contribution in [0.2, 0.25) is 0 Å². The average Bonchev–Trinajstić information content (AvgIpc) is 2.53. The molecule has 21 heavy (non-hydrogen) atoms. The van der Waals surface area contributed by atoms with Crippen LogP contribution >= 0.6 is 0 Å². The van der Waals surface area contributed by atoms with Gasteiger partial charge in [0.2, 0.25) is 0 Å². The fourth-order valence-corrected chi connectivity index (χ4v) is 2.17. The lowest BCUT2D eigenvalue weighted by Crippen LogP contribution is -2.04. The highest BCUT2D eigenvalue weighted by atomic mass is 16.5. The Kier molecular flexibility index (Phi) is 8.32. The highest BCUT2D eigenvalue weighted by molar-refractivity contribution is 6.00. The first-order valence-electron chi connectivity index (χ1n) is 7.72. The molecule has 1 aromatic rings. The third-order valence-corrected chi connectivity index (χ3v) is 3.48. The topological polar surface area (TPSA) is 51.0 Å². The fraction of sp³-hybridized carbons (Fsp3) is 0.588. The van der Waals surface area contributed by atoms with Gasteiger partial charge in [-0.05, 0) is 25.5 Å². The molecule has 0 spiro atoms. The van der Waals surface area contributed by atoms with E-state index in [-0.39, 0.29) is 0 Å². The Morgan fingerprint density at radius 2 is 1.86 bits per heavy atom. The van der Waals surface area contributed by atoms with Crippen molar-refractivity contribution in [2.45, 2.75) is 52.4 Å². The summed E-state index contributed by atoms with van der Waals surface area (Å²) in [6.45, 7) is 4.64. The van der Waals surface area contributed by atoms with Gasteiger partial charge < -0.3 is 14.7 Å². The summed E-state index contributed by atoms with van der Waals surface area (Å²) in [5, 5.41) is 12.2. The van der Waals surface area contributed by atoms with Crippen molar-refractivity contribution in [3.8, 4) is 11.5 Å². The number of methoxy groups -OCH3 is 1. The third-order valence-electron chi connectivity index (χ3n) is 3.48. The zero-order valence-electron chi connectivity index (χ0n) is 13.4. The Labute approximate surface area is 127 Å². The minimum atomic E-state index is 0.538. The molecular weight excluding hydrogens is 266 g/mol. The maximum Gasteiger partial charge on any atom is 0.132 e. The molecule has 0 unspecified atom stereocenters. The number of rotatable bonds is 10. The number of hydrogen-bond acceptors (Lipinski definition) is 4. The van der Waals surface area contributed by atoms with Crippen LogP contribution in [-0.2, 0) is 0 Å². The standard InChI is InChI=1S/C17H27NO3/c1-4-5-6-7-8-9-12-21-17-13-15(20-3)10-11-16(17)14(2)18-19/h10-11,13,19H,4-9,12H2,1-3H3/b18-14+. The van der Waals surface area contributed by atoms with E-state index in [0.717, 1.165) is 17.7 Å². The van der Waals surface area contributed by atoms with Crippen LogP contribution in [0.1, 0.15) is 57.9 Å². The van der Waals surface area contributed by atoms with Gasteiger partial charge in [0.15, 0.2) is 0 Å². The molecule has 1 rings (SSSR count). The van der Waals surface area contributed by atoms with Gasteiger partial charge in [-0.3, -0.25) is 0 Å². The molecule has 1 N–H and O–H groups in total. The van der Waals surface area contributed by atoms with Crippen molar-refractivity contribution in [1.29, 1.82) is 0 Å². The lowest BCUT2D eigenvalue weighted by atomic mass is 10.1. The van der Waals surface area contributed by atoms with Crippen molar-refractivity contribution >= 4 is 5.71 Å². The molecule has 0 aromatic heterocycles. The number of nitrogens with zero attached hydrogens (tertiary/aromatic N) is 1. The Morgan fingerprint density at radius 3 is 2.52 bits per heavy atom. The molecular formula is C17H27NO3. The number of oxime groups is 1. The van der Waals surface area contributed by atoms with E-state index in [1.54, 1.807) is 14.0 Å². The van der Waals surface area contributed by atoms with E-state index in [1.165, 1.54) is 32.1 Å². The summed E-state index contributed by atoms with van der Waals surface area (Å²) in [5.41, 5.74) is 1.33. The largest absolute Gasteiger partial charge is 0.497 e. The molecule has 4 heteroatoms. The monoisotopic (exact) mass is 293 g/mol. The Morgan fingerprint density at radius 1 is 1.14 bits per heavy atom. The van der Waals surface area contributed by atoms with Crippen LogP contribution in [0.4, 0.5) is 0 Å². The second kappa shape index (κ2) is 10.1. The van der Waals surface area contributed by atoms with Gasteiger partial charge in [0.1, 0.15) is 11.5 Å². The van der Waals surface area contributed by atoms with Crippen molar-refractivity contribution < 1.29 is 14.7 Å². The van der Waals surface area contributed by atoms with Gasteiger partial charge in [-0.1, -0.05) is 44.2 Å². The predicted octanol–water partition coefficient (Wildman–Crippen LogP) is 4.63. The van der Waals surface area contributed by atoms with Gasteiger partial charge >= 0.3 is 0 Å². The molecule has 0 saturated carbocycles. The van der Waals surface area contributed by atoms with Crippen LogP contribution in [0.15, 0.2) is 23.4 Å². The van der Waals surface area contributed by atoms with Crippen LogP contribution < -0.4 is 9.47 Å². The van der Waals surface area contributed by atoms with Crippen molar-refractivity contribution in [2.75, 3.05) is 13.7 Å². The van der Waals surface area contributed by atoms with Gasteiger partial charge in [-0.15, -0.1) is 0 Å². The van der Waals surface area contributed by atoms with Crippen molar-refractivity contribution in [3.63, 3.8) is 0 Å². The lowest BCUT2D eigenvalue weighted by molar-refractivity contribution is 0.300. The van der Waals surface area contributed by atoms with Crippen LogP contribution in [-0.4, -0.2) is 24.6 Å². The van der Waals surface area contributed by atoms with Crippen LogP contribution in [0.25, 0.3) is 0 Å². The first-order chi connectivity index (χ1) is 10.2. The van der Waals surface area contributed by atoms with Crippen molar-refractivity contribution in [1.82, 2.24) is 0 Å². The maximum atomic E-state index is 8.93. The summed E-state index contributed by atoms with van der Waals surface area (Å²) >= 11 is 0. The summed E-state index contributed by atoms with van der Waals surface area (Å²) in [4.78, 5) is 0. The number of benzene rings is 1.